The van der Waals surface area contributed by atoms with Crippen molar-refractivity contribution in [2.24, 2.45) is 5.92 Å². The molecule has 0 unspecified atom stereocenters. The molecule has 0 radical (unpaired) electrons. The molecule has 0 aromatic heterocycles. The molecule has 2 N–H and O–H groups in total. The molecule has 0 fully saturated rings. The third-order valence-corrected chi connectivity index (χ3v) is 3.40. The summed E-state index contributed by atoms with van der Waals surface area (Å²) in [6.45, 7) is 3.74. The lowest BCUT2D eigenvalue weighted by atomic mass is 10.1. The molecule has 0 saturated heterocycles. The Morgan fingerprint density at radius 1 is 1.00 bits per heavy atom. The molecule has 2 aromatic rings. The lowest BCUT2D eigenvalue weighted by molar-refractivity contribution is -0.137. The molecule has 27 heavy (non-hydrogen) atoms. The topological polar surface area (TPSA) is 67.4 Å². The number of hydrogen-bond acceptors (Lipinski definition) is 3. The number of hydrogen-bond donors (Lipinski definition) is 2. The van der Waals surface area contributed by atoms with Crippen molar-refractivity contribution in [2.75, 3.05) is 0 Å². The first-order valence-corrected chi connectivity index (χ1v) is 8.19. The van der Waals surface area contributed by atoms with E-state index in [-0.39, 0.29) is 35.3 Å². The van der Waals surface area contributed by atoms with Gasteiger partial charge in [-0.1, -0.05) is 26.0 Å². The van der Waals surface area contributed by atoms with Gasteiger partial charge >= 0.3 is 6.18 Å². The fourth-order valence-electron chi connectivity index (χ4n) is 2.19. The van der Waals surface area contributed by atoms with Crippen molar-refractivity contribution < 1.29 is 27.5 Å². The average molecular weight is 380 g/mol. The number of hydrazine groups is 1. The molecule has 0 saturated carbocycles. The Balaban J connectivity index is 2.05. The van der Waals surface area contributed by atoms with Crippen LogP contribution in [0.5, 0.6) is 11.5 Å². The van der Waals surface area contributed by atoms with Crippen LogP contribution < -0.4 is 15.6 Å². The van der Waals surface area contributed by atoms with Crippen LogP contribution in [0.4, 0.5) is 13.2 Å². The quantitative estimate of drug-likeness (QED) is 0.760. The van der Waals surface area contributed by atoms with E-state index in [0.29, 0.717) is 0 Å². The van der Waals surface area contributed by atoms with E-state index in [1.54, 1.807) is 0 Å². The maximum atomic E-state index is 12.8. The highest BCUT2D eigenvalue weighted by atomic mass is 19.4. The molecule has 2 aromatic carbocycles. The van der Waals surface area contributed by atoms with E-state index in [9.17, 15) is 22.8 Å². The highest BCUT2D eigenvalue weighted by Gasteiger charge is 2.30. The molecular weight excluding hydrogens is 361 g/mol. The van der Waals surface area contributed by atoms with Gasteiger partial charge in [-0.05, 0) is 42.3 Å². The maximum absolute atomic E-state index is 12.8. The van der Waals surface area contributed by atoms with Gasteiger partial charge in [0.15, 0.2) is 0 Å². The molecule has 0 bridgehead atoms. The Morgan fingerprint density at radius 2 is 1.63 bits per heavy atom. The van der Waals surface area contributed by atoms with E-state index in [0.717, 1.165) is 12.1 Å². The van der Waals surface area contributed by atoms with E-state index >= 15 is 0 Å². The zero-order valence-corrected chi connectivity index (χ0v) is 14.8. The minimum atomic E-state index is -4.48. The molecule has 0 aliphatic rings. The van der Waals surface area contributed by atoms with Gasteiger partial charge in [-0.2, -0.15) is 13.2 Å². The summed E-state index contributed by atoms with van der Waals surface area (Å²) in [5.41, 5.74) is 3.94. The monoisotopic (exact) mass is 380 g/mol. The predicted molar refractivity (Wildman–Crippen MR) is 93.0 cm³/mol. The summed E-state index contributed by atoms with van der Waals surface area (Å²) >= 11 is 0. The Bertz CT molecular complexity index is 820. The Hall–Kier alpha value is -3.03. The van der Waals surface area contributed by atoms with E-state index in [2.05, 4.69) is 10.9 Å². The Morgan fingerprint density at radius 3 is 2.26 bits per heavy atom. The summed E-state index contributed by atoms with van der Waals surface area (Å²) in [7, 11) is 0. The summed E-state index contributed by atoms with van der Waals surface area (Å²) in [5.74, 6) is -0.564. The maximum Gasteiger partial charge on any atom is 0.416 e. The second-order valence-electron chi connectivity index (χ2n) is 6.26. The minimum absolute atomic E-state index is 0.00683. The van der Waals surface area contributed by atoms with E-state index < -0.39 is 17.6 Å². The second kappa shape index (κ2) is 8.57. The highest BCUT2D eigenvalue weighted by molar-refractivity contribution is 5.95. The van der Waals surface area contributed by atoms with Crippen LogP contribution in [0.1, 0.15) is 36.2 Å². The molecule has 2 rings (SSSR count). The van der Waals surface area contributed by atoms with Crippen molar-refractivity contribution in [3.05, 3.63) is 59.7 Å². The normalized spacial score (nSPS) is 11.2. The van der Waals surface area contributed by atoms with Gasteiger partial charge in [-0.15, -0.1) is 0 Å². The van der Waals surface area contributed by atoms with Gasteiger partial charge in [0.25, 0.3) is 5.91 Å². The summed E-state index contributed by atoms with van der Waals surface area (Å²) in [4.78, 5) is 23.7. The van der Waals surface area contributed by atoms with Crippen molar-refractivity contribution in [2.45, 2.75) is 26.4 Å². The van der Waals surface area contributed by atoms with Gasteiger partial charge in [0.1, 0.15) is 11.5 Å². The predicted octanol–water partition coefficient (Wildman–Crippen LogP) is 4.30. The smallest absolute Gasteiger partial charge is 0.416 e. The van der Waals surface area contributed by atoms with Gasteiger partial charge < -0.3 is 4.74 Å². The van der Waals surface area contributed by atoms with Crippen molar-refractivity contribution in [3.63, 3.8) is 0 Å². The molecule has 5 nitrogen and oxygen atoms in total. The van der Waals surface area contributed by atoms with Gasteiger partial charge in [-0.3, -0.25) is 20.4 Å². The molecule has 0 atom stereocenters. The second-order valence-corrected chi connectivity index (χ2v) is 6.26. The highest BCUT2D eigenvalue weighted by Crippen LogP contribution is 2.32. The summed E-state index contributed by atoms with van der Waals surface area (Å²) in [6.07, 6.45) is -4.21. The Labute approximate surface area is 154 Å². The SMILES string of the molecule is CC(C)CC(=O)NNC(=O)c1cccc(Oc2cccc(C(F)(F)F)c2)c1. The van der Waals surface area contributed by atoms with Crippen LogP contribution in [0, 0.1) is 5.92 Å². The van der Waals surface area contributed by atoms with Crippen molar-refractivity contribution in [3.8, 4) is 11.5 Å². The third kappa shape index (κ3) is 6.32. The molecule has 0 aliphatic heterocycles. The van der Waals surface area contributed by atoms with Crippen LogP contribution in [0.2, 0.25) is 0 Å². The number of rotatable bonds is 5. The number of carbonyl (C=O) groups is 2. The van der Waals surface area contributed by atoms with Gasteiger partial charge in [0.2, 0.25) is 5.91 Å². The van der Waals surface area contributed by atoms with Gasteiger partial charge in [0, 0.05) is 12.0 Å². The van der Waals surface area contributed by atoms with Crippen molar-refractivity contribution in [1.29, 1.82) is 0 Å². The van der Waals surface area contributed by atoms with E-state index in [1.165, 1.54) is 36.4 Å². The first-order chi connectivity index (χ1) is 12.6. The molecule has 144 valence electrons. The molecular formula is C19H19F3N2O3. The van der Waals surface area contributed by atoms with Crippen LogP contribution >= 0.6 is 0 Å². The minimum Gasteiger partial charge on any atom is -0.457 e. The van der Waals surface area contributed by atoms with Crippen LogP contribution in [0.3, 0.4) is 0 Å². The number of ether oxygens (including phenoxy) is 1. The summed E-state index contributed by atoms with van der Waals surface area (Å²) < 4.78 is 43.7. The van der Waals surface area contributed by atoms with Gasteiger partial charge in [-0.25, -0.2) is 0 Å². The zero-order valence-electron chi connectivity index (χ0n) is 14.8. The van der Waals surface area contributed by atoms with Crippen LogP contribution in [-0.4, -0.2) is 11.8 Å². The molecule has 8 heteroatoms. The first kappa shape index (κ1) is 20.3. The average Bonchev–Trinajstić information content (AvgIpc) is 2.59. The number of amides is 2. The van der Waals surface area contributed by atoms with Crippen LogP contribution in [-0.2, 0) is 11.0 Å². The fourth-order valence-corrected chi connectivity index (χ4v) is 2.19. The Kier molecular flexibility index (Phi) is 6.44. The number of nitrogens with one attached hydrogen (secondary N) is 2. The lowest BCUT2D eigenvalue weighted by Crippen LogP contribution is -2.41. The summed E-state index contributed by atoms with van der Waals surface area (Å²) in [5, 5.41) is 0. The van der Waals surface area contributed by atoms with Crippen LogP contribution in [0.25, 0.3) is 0 Å². The number of halogens is 3. The van der Waals surface area contributed by atoms with Crippen molar-refractivity contribution >= 4 is 11.8 Å². The lowest BCUT2D eigenvalue weighted by Gasteiger charge is -2.11. The summed E-state index contributed by atoms with van der Waals surface area (Å²) in [6, 6.07) is 10.3. The third-order valence-electron chi connectivity index (χ3n) is 3.40. The van der Waals surface area contributed by atoms with E-state index in [1.807, 2.05) is 13.8 Å². The van der Waals surface area contributed by atoms with Crippen LogP contribution in [0.15, 0.2) is 48.5 Å². The standard InChI is InChI=1S/C19H19F3N2O3/c1-12(2)9-17(25)23-24-18(26)13-5-3-7-15(10-13)27-16-8-4-6-14(11-16)19(20,21)22/h3-8,10-12H,9H2,1-2H3,(H,23,25)(H,24,26). The number of carbonyl (C=O) groups excluding carboxylic acids is 2. The number of alkyl halides is 3. The molecule has 2 amide bonds. The number of benzene rings is 2. The van der Waals surface area contributed by atoms with Gasteiger partial charge in [0.05, 0.1) is 5.56 Å². The zero-order chi connectivity index (χ0) is 20.0. The molecule has 0 aliphatic carbocycles. The first-order valence-electron chi connectivity index (χ1n) is 8.19. The molecule has 0 heterocycles. The fraction of sp³-hybridized carbons (Fsp3) is 0.263. The van der Waals surface area contributed by atoms with Crippen molar-refractivity contribution in [1.82, 2.24) is 10.9 Å². The molecule has 0 spiro atoms. The largest absolute Gasteiger partial charge is 0.457 e. The van der Waals surface area contributed by atoms with E-state index in [4.69, 9.17) is 4.74 Å².